The minimum absolute atomic E-state index is 0.153. The Bertz CT molecular complexity index is 480. The van der Waals surface area contributed by atoms with Crippen LogP contribution in [0.1, 0.15) is 11.5 Å². The Morgan fingerprint density at radius 2 is 1.88 bits per heavy atom. The normalized spacial score (nSPS) is 29.1. The largest absolute Gasteiger partial charge is 0.396 e. The van der Waals surface area contributed by atoms with Crippen LogP contribution < -0.4 is 0 Å². The molecule has 5 heteroatoms. The zero-order chi connectivity index (χ0) is 11.9. The van der Waals surface area contributed by atoms with Crippen LogP contribution in [0, 0.1) is 11.7 Å². The third-order valence-electron chi connectivity index (χ3n) is 3.06. The lowest BCUT2D eigenvalue weighted by molar-refractivity contribution is 0.274. The molecule has 3 atom stereocenters. The highest BCUT2D eigenvalue weighted by Gasteiger charge is 2.56. The Labute approximate surface area is 93.8 Å². The molecule has 16 heavy (non-hydrogen) atoms. The molecule has 3 nitrogen and oxygen atoms in total. The van der Waals surface area contributed by atoms with Gasteiger partial charge in [0.1, 0.15) is 5.82 Å². The topological polar surface area (TPSA) is 54.4 Å². The molecule has 1 saturated carbocycles. The van der Waals surface area contributed by atoms with Crippen molar-refractivity contribution in [2.24, 2.45) is 5.92 Å². The number of benzene rings is 1. The monoisotopic (exact) mass is 244 g/mol. The molecular formula is C11H13FO3S. The van der Waals surface area contributed by atoms with Gasteiger partial charge in [0.2, 0.25) is 0 Å². The molecule has 0 aliphatic heterocycles. The SMILES string of the molecule is CS(=O)(=O)[C@@H]1[C@@H](CO)[C@@H]1c1ccc(F)cc1. The van der Waals surface area contributed by atoms with E-state index in [9.17, 15) is 12.8 Å². The van der Waals surface area contributed by atoms with Crippen LogP contribution in [0.4, 0.5) is 4.39 Å². The lowest BCUT2D eigenvalue weighted by Gasteiger charge is -1.98. The molecule has 0 aromatic heterocycles. The van der Waals surface area contributed by atoms with Crippen molar-refractivity contribution in [3.8, 4) is 0 Å². The second-order valence-corrected chi connectivity index (χ2v) is 6.42. The standard InChI is InChI=1S/C11H13FO3S/c1-16(14,15)11-9(6-13)10(11)7-2-4-8(12)5-3-7/h2-5,9-11,13H,6H2,1H3/t9-,10-,11+/m0/s1. The lowest BCUT2D eigenvalue weighted by atomic mass is 10.1. The summed E-state index contributed by atoms with van der Waals surface area (Å²) >= 11 is 0. The maximum Gasteiger partial charge on any atom is 0.151 e. The summed E-state index contributed by atoms with van der Waals surface area (Å²) in [6, 6.07) is 5.77. The molecule has 0 unspecified atom stereocenters. The zero-order valence-corrected chi connectivity index (χ0v) is 9.61. The number of hydrogen-bond acceptors (Lipinski definition) is 3. The van der Waals surface area contributed by atoms with E-state index in [1.54, 1.807) is 12.1 Å². The first-order valence-electron chi connectivity index (χ1n) is 5.00. The van der Waals surface area contributed by atoms with Crippen molar-refractivity contribution in [3.05, 3.63) is 35.6 Å². The molecule has 88 valence electrons. The molecule has 0 bridgehead atoms. The molecule has 1 aliphatic carbocycles. The van der Waals surface area contributed by atoms with E-state index >= 15 is 0 Å². The fraction of sp³-hybridized carbons (Fsp3) is 0.455. The minimum Gasteiger partial charge on any atom is -0.396 e. The van der Waals surface area contributed by atoms with Gasteiger partial charge < -0.3 is 5.11 Å². The molecule has 0 saturated heterocycles. The summed E-state index contributed by atoms with van der Waals surface area (Å²) in [6.07, 6.45) is 1.17. The van der Waals surface area contributed by atoms with Crippen LogP contribution in [-0.2, 0) is 9.84 Å². The number of rotatable bonds is 3. The minimum atomic E-state index is -3.15. The van der Waals surface area contributed by atoms with Crippen molar-refractivity contribution in [3.63, 3.8) is 0 Å². The molecule has 1 N–H and O–H groups in total. The molecule has 0 spiro atoms. The number of aliphatic hydroxyl groups excluding tert-OH is 1. The summed E-state index contributed by atoms with van der Waals surface area (Å²) < 4.78 is 35.6. The Balaban J connectivity index is 2.27. The Hall–Kier alpha value is -0.940. The van der Waals surface area contributed by atoms with Crippen LogP contribution >= 0.6 is 0 Å². The maximum atomic E-state index is 12.7. The third kappa shape index (κ3) is 1.97. The highest BCUT2D eigenvalue weighted by Crippen LogP contribution is 2.51. The average molecular weight is 244 g/mol. The predicted octanol–water partition coefficient (Wildman–Crippen LogP) is 0.945. The lowest BCUT2D eigenvalue weighted by Crippen LogP contribution is -2.08. The van der Waals surface area contributed by atoms with E-state index in [1.807, 2.05) is 0 Å². The number of sulfone groups is 1. The summed E-state index contributed by atoms with van der Waals surface area (Å²) in [5.74, 6) is -0.790. The molecule has 1 aromatic rings. The number of halogens is 1. The molecule has 0 amide bonds. The molecular weight excluding hydrogens is 231 g/mol. The van der Waals surface area contributed by atoms with Gasteiger partial charge in [0.25, 0.3) is 0 Å². The van der Waals surface area contributed by atoms with Gasteiger partial charge in [-0.05, 0) is 17.7 Å². The Morgan fingerprint density at radius 1 is 1.31 bits per heavy atom. The van der Waals surface area contributed by atoms with Crippen LogP contribution in [0.2, 0.25) is 0 Å². The van der Waals surface area contributed by atoms with Gasteiger partial charge in [-0.3, -0.25) is 0 Å². The van der Waals surface area contributed by atoms with Gasteiger partial charge in [0.15, 0.2) is 9.84 Å². The Kier molecular flexibility index (Phi) is 2.75. The van der Waals surface area contributed by atoms with E-state index < -0.39 is 15.1 Å². The zero-order valence-electron chi connectivity index (χ0n) is 8.80. The predicted molar refractivity (Wildman–Crippen MR) is 58.3 cm³/mol. The van der Waals surface area contributed by atoms with E-state index in [-0.39, 0.29) is 24.3 Å². The summed E-state index contributed by atoms with van der Waals surface area (Å²) in [6.45, 7) is -0.153. The van der Waals surface area contributed by atoms with Gasteiger partial charge in [0, 0.05) is 24.7 Å². The molecule has 1 fully saturated rings. The average Bonchev–Trinajstić information content (AvgIpc) is 2.92. The molecule has 1 aromatic carbocycles. The quantitative estimate of drug-likeness (QED) is 0.861. The molecule has 1 aliphatic rings. The number of hydrogen-bond donors (Lipinski definition) is 1. The van der Waals surface area contributed by atoms with Gasteiger partial charge in [-0.2, -0.15) is 0 Å². The van der Waals surface area contributed by atoms with E-state index in [4.69, 9.17) is 5.11 Å². The van der Waals surface area contributed by atoms with E-state index in [0.717, 1.165) is 5.56 Å². The van der Waals surface area contributed by atoms with Gasteiger partial charge in [-0.25, -0.2) is 12.8 Å². The van der Waals surface area contributed by atoms with Crippen LogP contribution in [0.5, 0.6) is 0 Å². The van der Waals surface area contributed by atoms with Crippen LogP contribution in [0.3, 0.4) is 0 Å². The number of aliphatic hydroxyl groups is 1. The van der Waals surface area contributed by atoms with E-state index in [2.05, 4.69) is 0 Å². The van der Waals surface area contributed by atoms with Gasteiger partial charge in [0.05, 0.1) is 5.25 Å². The van der Waals surface area contributed by atoms with Crippen molar-refractivity contribution in [1.82, 2.24) is 0 Å². The van der Waals surface area contributed by atoms with Gasteiger partial charge in [-0.1, -0.05) is 12.1 Å². The van der Waals surface area contributed by atoms with Crippen LogP contribution in [0.15, 0.2) is 24.3 Å². The van der Waals surface area contributed by atoms with Gasteiger partial charge >= 0.3 is 0 Å². The summed E-state index contributed by atoms with van der Waals surface area (Å²) in [4.78, 5) is 0. The summed E-state index contributed by atoms with van der Waals surface area (Å²) in [5, 5.41) is 8.56. The Morgan fingerprint density at radius 3 is 2.25 bits per heavy atom. The van der Waals surface area contributed by atoms with Crippen molar-refractivity contribution in [1.29, 1.82) is 0 Å². The van der Waals surface area contributed by atoms with Crippen LogP contribution in [0.25, 0.3) is 0 Å². The van der Waals surface area contributed by atoms with Crippen molar-refractivity contribution < 1.29 is 17.9 Å². The van der Waals surface area contributed by atoms with Crippen molar-refractivity contribution in [2.75, 3.05) is 12.9 Å². The first-order chi connectivity index (χ1) is 7.45. The second-order valence-electron chi connectivity index (χ2n) is 4.22. The first kappa shape index (κ1) is 11.5. The smallest absolute Gasteiger partial charge is 0.151 e. The van der Waals surface area contributed by atoms with Gasteiger partial charge in [-0.15, -0.1) is 0 Å². The third-order valence-corrected chi connectivity index (χ3v) is 4.69. The summed E-state index contributed by atoms with van der Waals surface area (Å²) in [7, 11) is -3.15. The highest BCUT2D eigenvalue weighted by atomic mass is 32.2. The van der Waals surface area contributed by atoms with Crippen molar-refractivity contribution >= 4 is 9.84 Å². The summed E-state index contributed by atoms with van der Waals surface area (Å²) in [5.41, 5.74) is 0.774. The highest BCUT2D eigenvalue weighted by molar-refractivity contribution is 7.91. The first-order valence-corrected chi connectivity index (χ1v) is 6.96. The van der Waals surface area contributed by atoms with Crippen molar-refractivity contribution in [2.45, 2.75) is 11.2 Å². The molecule has 2 rings (SSSR count). The molecule has 0 heterocycles. The second kappa shape index (κ2) is 3.82. The maximum absolute atomic E-state index is 12.7. The molecule has 0 radical (unpaired) electrons. The van der Waals surface area contributed by atoms with E-state index in [1.165, 1.54) is 18.4 Å². The van der Waals surface area contributed by atoms with E-state index in [0.29, 0.717) is 0 Å². The fourth-order valence-corrected chi connectivity index (χ4v) is 3.96. The fourth-order valence-electron chi connectivity index (χ4n) is 2.27. The van der Waals surface area contributed by atoms with Crippen LogP contribution in [-0.4, -0.2) is 31.6 Å².